The number of esters is 1. The van der Waals surface area contributed by atoms with E-state index in [1.807, 2.05) is 0 Å². The second-order valence-electron chi connectivity index (χ2n) is 5.93. The predicted molar refractivity (Wildman–Crippen MR) is 96.0 cm³/mol. The SMILES string of the molecule is CCNC(=O)CN(CC)C(=O)COC(=O)[C@@H]1COc2ccc(Cl)cc2C1. The molecule has 1 N–H and O–H groups in total. The maximum absolute atomic E-state index is 12.2. The van der Waals surface area contributed by atoms with E-state index in [2.05, 4.69) is 5.32 Å². The maximum atomic E-state index is 12.2. The number of likely N-dealkylation sites (N-methyl/N-ethyl adjacent to an activating group) is 2. The highest BCUT2D eigenvalue weighted by Crippen LogP contribution is 2.30. The number of hydrogen-bond donors (Lipinski definition) is 1. The van der Waals surface area contributed by atoms with Crippen LogP contribution in [0.5, 0.6) is 5.75 Å². The van der Waals surface area contributed by atoms with Gasteiger partial charge < -0.3 is 19.7 Å². The summed E-state index contributed by atoms with van der Waals surface area (Å²) in [6.45, 7) is 4.14. The molecule has 0 aromatic heterocycles. The lowest BCUT2D eigenvalue weighted by Crippen LogP contribution is -2.42. The molecule has 1 aliphatic heterocycles. The van der Waals surface area contributed by atoms with E-state index in [0.29, 0.717) is 30.3 Å². The van der Waals surface area contributed by atoms with E-state index in [0.717, 1.165) is 5.56 Å². The number of fused-ring (bicyclic) bond motifs is 1. The van der Waals surface area contributed by atoms with E-state index < -0.39 is 24.4 Å². The van der Waals surface area contributed by atoms with Gasteiger partial charge in [-0.2, -0.15) is 0 Å². The van der Waals surface area contributed by atoms with Crippen LogP contribution in [0.25, 0.3) is 0 Å². The van der Waals surface area contributed by atoms with Crippen LogP contribution < -0.4 is 10.1 Å². The molecular formula is C18H23ClN2O5. The summed E-state index contributed by atoms with van der Waals surface area (Å²) >= 11 is 5.97. The Morgan fingerprint density at radius 3 is 2.81 bits per heavy atom. The van der Waals surface area contributed by atoms with Crippen molar-refractivity contribution in [2.24, 2.45) is 5.92 Å². The van der Waals surface area contributed by atoms with E-state index in [9.17, 15) is 14.4 Å². The number of ether oxygens (including phenoxy) is 2. The van der Waals surface area contributed by atoms with Crippen molar-refractivity contribution in [2.75, 3.05) is 32.8 Å². The van der Waals surface area contributed by atoms with Crippen molar-refractivity contribution < 1.29 is 23.9 Å². The van der Waals surface area contributed by atoms with E-state index >= 15 is 0 Å². The second kappa shape index (κ2) is 9.43. The van der Waals surface area contributed by atoms with Gasteiger partial charge in [-0.05, 0) is 44.0 Å². The lowest BCUT2D eigenvalue weighted by atomic mass is 9.97. The van der Waals surface area contributed by atoms with Crippen molar-refractivity contribution in [3.05, 3.63) is 28.8 Å². The second-order valence-corrected chi connectivity index (χ2v) is 6.37. The maximum Gasteiger partial charge on any atom is 0.313 e. The molecule has 0 unspecified atom stereocenters. The molecule has 142 valence electrons. The van der Waals surface area contributed by atoms with E-state index in [1.165, 1.54) is 4.90 Å². The number of benzene rings is 1. The first-order valence-electron chi connectivity index (χ1n) is 8.56. The Morgan fingerprint density at radius 1 is 1.35 bits per heavy atom. The molecule has 8 heteroatoms. The molecular weight excluding hydrogens is 360 g/mol. The van der Waals surface area contributed by atoms with E-state index in [-0.39, 0.29) is 19.1 Å². The van der Waals surface area contributed by atoms with Gasteiger partial charge >= 0.3 is 5.97 Å². The Balaban J connectivity index is 1.86. The number of rotatable bonds is 7. The Hall–Kier alpha value is -2.28. The number of nitrogens with zero attached hydrogens (tertiary/aromatic N) is 1. The number of amides is 2. The van der Waals surface area contributed by atoms with Gasteiger partial charge in [-0.3, -0.25) is 14.4 Å². The molecule has 7 nitrogen and oxygen atoms in total. The monoisotopic (exact) mass is 382 g/mol. The van der Waals surface area contributed by atoms with Crippen molar-refractivity contribution in [3.63, 3.8) is 0 Å². The third-order valence-electron chi connectivity index (χ3n) is 4.04. The highest BCUT2D eigenvalue weighted by molar-refractivity contribution is 6.30. The smallest absolute Gasteiger partial charge is 0.313 e. The van der Waals surface area contributed by atoms with Crippen LogP contribution in [-0.4, -0.2) is 55.5 Å². The molecule has 1 aromatic rings. The number of hydrogen-bond acceptors (Lipinski definition) is 5. The summed E-state index contributed by atoms with van der Waals surface area (Å²) in [5, 5.41) is 3.20. The van der Waals surface area contributed by atoms with Crippen LogP contribution in [0.3, 0.4) is 0 Å². The van der Waals surface area contributed by atoms with Gasteiger partial charge in [0.25, 0.3) is 5.91 Å². The van der Waals surface area contributed by atoms with Crippen LogP contribution in [0, 0.1) is 5.92 Å². The standard InChI is InChI=1S/C18H23ClN2O5/c1-3-20-16(22)9-21(4-2)17(23)11-26-18(24)13-7-12-8-14(19)5-6-15(12)25-10-13/h5-6,8,13H,3-4,7,9-11H2,1-2H3,(H,20,22)/t13-/m0/s1. The summed E-state index contributed by atoms with van der Waals surface area (Å²) in [5.74, 6) is -0.950. The first-order valence-corrected chi connectivity index (χ1v) is 8.94. The lowest BCUT2D eigenvalue weighted by Gasteiger charge is -2.25. The first-order chi connectivity index (χ1) is 12.4. The van der Waals surface area contributed by atoms with Crippen molar-refractivity contribution in [1.82, 2.24) is 10.2 Å². The molecule has 0 aliphatic carbocycles. The lowest BCUT2D eigenvalue weighted by molar-refractivity contribution is -0.156. The molecule has 0 saturated carbocycles. The van der Waals surface area contributed by atoms with Crippen molar-refractivity contribution in [1.29, 1.82) is 0 Å². The normalized spacial score (nSPS) is 15.4. The molecule has 1 heterocycles. The topological polar surface area (TPSA) is 84.9 Å². The van der Waals surface area contributed by atoms with Crippen LogP contribution in [-0.2, 0) is 25.5 Å². The average Bonchev–Trinajstić information content (AvgIpc) is 2.63. The zero-order valence-electron chi connectivity index (χ0n) is 14.9. The summed E-state index contributed by atoms with van der Waals surface area (Å²) in [4.78, 5) is 37.4. The summed E-state index contributed by atoms with van der Waals surface area (Å²) in [6.07, 6.45) is 0.444. The van der Waals surface area contributed by atoms with Crippen LogP contribution in [0.15, 0.2) is 18.2 Å². The Kier molecular flexibility index (Phi) is 7.26. The van der Waals surface area contributed by atoms with Gasteiger partial charge in [-0.25, -0.2) is 0 Å². The average molecular weight is 383 g/mol. The first kappa shape index (κ1) is 20.0. The van der Waals surface area contributed by atoms with Gasteiger partial charge in [0.15, 0.2) is 6.61 Å². The third kappa shape index (κ3) is 5.36. The van der Waals surface area contributed by atoms with E-state index in [1.54, 1.807) is 32.0 Å². The fraction of sp³-hybridized carbons (Fsp3) is 0.500. The summed E-state index contributed by atoms with van der Waals surface area (Å²) in [5.41, 5.74) is 0.837. The highest BCUT2D eigenvalue weighted by atomic mass is 35.5. The van der Waals surface area contributed by atoms with Crippen molar-refractivity contribution in [3.8, 4) is 5.75 Å². The fourth-order valence-electron chi connectivity index (χ4n) is 2.66. The fourth-order valence-corrected chi connectivity index (χ4v) is 2.85. The number of carbonyl (C=O) groups excluding carboxylic acids is 3. The zero-order valence-corrected chi connectivity index (χ0v) is 15.7. The zero-order chi connectivity index (χ0) is 19.1. The molecule has 26 heavy (non-hydrogen) atoms. The highest BCUT2D eigenvalue weighted by Gasteiger charge is 2.28. The molecule has 2 rings (SSSR count). The molecule has 2 amide bonds. The number of halogens is 1. The number of carbonyl (C=O) groups is 3. The van der Waals surface area contributed by atoms with Gasteiger partial charge in [-0.1, -0.05) is 11.6 Å². The number of nitrogens with one attached hydrogen (secondary N) is 1. The van der Waals surface area contributed by atoms with E-state index in [4.69, 9.17) is 21.1 Å². The van der Waals surface area contributed by atoms with Gasteiger partial charge in [0.1, 0.15) is 12.4 Å². The summed E-state index contributed by atoms with van der Waals surface area (Å²) in [7, 11) is 0. The van der Waals surface area contributed by atoms with Crippen molar-refractivity contribution >= 4 is 29.4 Å². The quantitative estimate of drug-likeness (QED) is 0.721. The third-order valence-corrected chi connectivity index (χ3v) is 4.28. The van der Waals surface area contributed by atoms with Gasteiger partial charge in [0.05, 0.1) is 12.5 Å². The van der Waals surface area contributed by atoms with Gasteiger partial charge in [0.2, 0.25) is 5.91 Å². The van der Waals surface area contributed by atoms with Crippen LogP contribution in [0.2, 0.25) is 5.02 Å². The minimum atomic E-state index is -0.502. The minimum absolute atomic E-state index is 0.0564. The largest absolute Gasteiger partial charge is 0.492 e. The summed E-state index contributed by atoms with van der Waals surface area (Å²) in [6, 6.07) is 5.25. The summed E-state index contributed by atoms with van der Waals surface area (Å²) < 4.78 is 10.7. The molecule has 0 radical (unpaired) electrons. The Bertz CT molecular complexity index is 680. The predicted octanol–water partition coefficient (Wildman–Crippen LogP) is 1.42. The molecule has 1 aliphatic rings. The van der Waals surface area contributed by atoms with Crippen LogP contribution in [0.1, 0.15) is 19.4 Å². The van der Waals surface area contributed by atoms with Gasteiger partial charge in [0, 0.05) is 18.1 Å². The molecule has 0 bridgehead atoms. The molecule has 1 aromatic carbocycles. The van der Waals surface area contributed by atoms with Crippen LogP contribution >= 0.6 is 11.6 Å². The van der Waals surface area contributed by atoms with Crippen LogP contribution in [0.4, 0.5) is 0 Å². The van der Waals surface area contributed by atoms with Gasteiger partial charge in [-0.15, -0.1) is 0 Å². The molecule has 0 fully saturated rings. The minimum Gasteiger partial charge on any atom is -0.492 e. The molecule has 0 spiro atoms. The Labute approximate surface area is 157 Å². The Morgan fingerprint density at radius 2 is 2.12 bits per heavy atom. The van der Waals surface area contributed by atoms with Crippen molar-refractivity contribution in [2.45, 2.75) is 20.3 Å². The molecule has 0 saturated heterocycles. The molecule has 1 atom stereocenters.